The molecule has 2 unspecified atom stereocenters. The second-order valence-corrected chi connectivity index (χ2v) is 18.9. The molecule has 3 N–H and O–H groups in total. The van der Waals surface area contributed by atoms with Crippen LogP contribution in [0.3, 0.4) is 0 Å². The van der Waals surface area contributed by atoms with Crippen LogP contribution >= 0.6 is 46.1 Å². The maximum absolute atomic E-state index is 12.0. The van der Waals surface area contributed by atoms with Gasteiger partial charge in [0.2, 0.25) is 17.7 Å². The lowest BCUT2D eigenvalue weighted by Gasteiger charge is -2.20. The second-order valence-electron chi connectivity index (χ2n) is 16.8. The van der Waals surface area contributed by atoms with E-state index in [0.29, 0.717) is 27.6 Å². The van der Waals surface area contributed by atoms with Crippen molar-refractivity contribution in [2.24, 2.45) is 11.3 Å². The third-order valence-corrected chi connectivity index (χ3v) is 12.1. The molecule has 2 aliphatic rings. The molecule has 0 saturated heterocycles. The Morgan fingerprint density at radius 1 is 0.646 bits per heavy atom. The van der Waals surface area contributed by atoms with E-state index < -0.39 is 24.1 Å². The summed E-state index contributed by atoms with van der Waals surface area (Å²) in [6, 6.07) is 21.2. The Labute approximate surface area is 400 Å². The third-order valence-electron chi connectivity index (χ3n) is 10.6. The van der Waals surface area contributed by atoms with E-state index in [4.69, 9.17) is 49.0 Å². The van der Waals surface area contributed by atoms with Crippen LogP contribution in [0.25, 0.3) is 0 Å². The van der Waals surface area contributed by atoms with Crippen LogP contribution in [0.15, 0.2) is 89.6 Å². The molecule has 350 valence electrons. The number of rotatable bonds is 17. The van der Waals surface area contributed by atoms with Crippen molar-refractivity contribution in [1.82, 2.24) is 16.0 Å². The van der Waals surface area contributed by atoms with Gasteiger partial charge in [-0.1, -0.05) is 85.0 Å². The summed E-state index contributed by atoms with van der Waals surface area (Å²) in [6.07, 6.45) is 5.82. The number of amides is 3. The standard InChI is InChI=1S/C17H22ClNO3.C16H16ClNO3S.C16H20ClNO3/c1-11-5-3-8-15(11)22-17(21)12(2)19-16(20)10-13-6-4-7-14(18)9-13;1-11(16(20)21-9-13-5-6-22-10-13)18-15(19)8-12-3-2-4-14(17)7-12;1-11(15(20)21-10-16(2)6-7-16)18-14(19)9-12-4-3-5-13(17)8-12/h4,6-7,9,11-12,15H,3,5,8,10H2,1-2H3,(H,19,20);2-7,10-11H,8-9H2,1H3,(H,18,19);3-5,8,11H,6-7,9-10H2,1-2H3,(H,18,19)/t11?,12-,15?;2*11-/m000/s1. The van der Waals surface area contributed by atoms with Gasteiger partial charge in [0.05, 0.1) is 25.9 Å². The molecule has 0 radical (unpaired) electrons. The Morgan fingerprint density at radius 3 is 1.48 bits per heavy atom. The molecule has 2 aliphatic carbocycles. The van der Waals surface area contributed by atoms with Crippen molar-refractivity contribution in [3.63, 3.8) is 0 Å². The Kier molecular flexibility index (Phi) is 21.3. The first-order valence-electron chi connectivity index (χ1n) is 21.5. The number of hydrogen-bond acceptors (Lipinski definition) is 10. The molecule has 16 heteroatoms. The molecule has 65 heavy (non-hydrogen) atoms. The van der Waals surface area contributed by atoms with E-state index in [2.05, 4.69) is 29.8 Å². The normalized spacial score (nSPS) is 16.9. The van der Waals surface area contributed by atoms with Gasteiger partial charge in [-0.15, -0.1) is 0 Å². The minimum Gasteiger partial charge on any atom is -0.464 e. The number of thiophene rings is 1. The highest BCUT2D eigenvalue weighted by atomic mass is 35.5. The average Bonchev–Trinajstić information content (AvgIpc) is 3.54. The molecule has 4 aromatic rings. The van der Waals surface area contributed by atoms with Crippen LogP contribution in [0.4, 0.5) is 0 Å². The lowest BCUT2D eigenvalue weighted by atomic mass is 10.1. The van der Waals surface area contributed by atoms with Gasteiger partial charge in [0, 0.05) is 26.0 Å². The fourth-order valence-electron chi connectivity index (χ4n) is 6.47. The highest BCUT2D eigenvalue weighted by molar-refractivity contribution is 7.07. The van der Waals surface area contributed by atoms with Crippen LogP contribution in [-0.2, 0) is 68.8 Å². The lowest BCUT2D eigenvalue weighted by molar-refractivity contribution is -0.154. The molecule has 3 amide bonds. The minimum atomic E-state index is -0.690. The summed E-state index contributed by atoms with van der Waals surface area (Å²) in [5, 5.41) is 13.5. The zero-order chi connectivity index (χ0) is 47.5. The SMILES string of the molecule is CC1CCCC1OC(=O)[C@H](C)NC(=O)Cc1cccc(Cl)c1.C[C@H](NC(=O)Cc1cccc(Cl)c1)C(=O)OCC1(C)CC1.C[C@H](NC(=O)Cc1cccc(Cl)c1)C(=O)OCc1ccsc1. The molecule has 6 rings (SSSR count). The zero-order valence-electron chi connectivity index (χ0n) is 37.3. The number of benzene rings is 3. The fourth-order valence-corrected chi connectivity index (χ4v) is 7.76. The van der Waals surface area contributed by atoms with E-state index in [9.17, 15) is 28.8 Å². The van der Waals surface area contributed by atoms with Gasteiger partial charge >= 0.3 is 17.9 Å². The Balaban J connectivity index is 0.000000213. The number of hydrogen-bond donors (Lipinski definition) is 3. The Bertz CT molecular complexity index is 2220. The molecule has 0 aliphatic heterocycles. The first-order valence-corrected chi connectivity index (χ1v) is 23.6. The highest BCUT2D eigenvalue weighted by Gasteiger charge is 2.39. The maximum atomic E-state index is 12.0. The van der Waals surface area contributed by atoms with Crippen molar-refractivity contribution in [2.75, 3.05) is 6.61 Å². The second kappa shape index (κ2) is 26.3. The molecule has 1 aromatic heterocycles. The minimum absolute atomic E-state index is 0.0141. The van der Waals surface area contributed by atoms with Crippen molar-refractivity contribution in [3.05, 3.63) is 127 Å². The van der Waals surface area contributed by atoms with Gasteiger partial charge < -0.3 is 30.2 Å². The molecule has 0 bridgehead atoms. The summed E-state index contributed by atoms with van der Waals surface area (Å²) < 4.78 is 15.9. The summed E-state index contributed by atoms with van der Waals surface area (Å²) in [6.45, 7) is 9.71. The topological polar surface area (TPSA) is 166 Å². The predicted octanol–water partition coefficient (Wildman–Crippen LogP) is 9.04. The van der Waals surface area contributed by atoms with E-state index in [0.717, 1.165) is 54.4 Å². The van der Waals surface area contributed by atoms with Crippen LogP contribution in [0.5, 0.6) is 0 Å². The van der Waals surface area contributed by atoms with Crippen LogP contribution in [-0.4, -0.2) is 66.5 Å². The third kappa shape index (κ3) is 20.0. The summed E-state index contributed by atoms with van der Waals surface area (Å²) in [5.41, 5.74) is 3.51. The molecule has 0 spiro atoms. The lowest BCUT2D eigenvalue weighted by Crippen LogP contribution is -2.41. The largest absolute Gasteiger partial charge is 0.464 e. The summed E-state index contributed by atoms with van der Waals surface area (Å²) in [5.74, 6) is -1.49. The Hall–Kier alpha value is -4.95. The molecule has 3 aromatic carbocycles. The van der Waals surface area contributed by atoms with Gasteiger partial charge in [-0.2, -0.15) is 11.3 Å². The first-order chi connectivity index (χ1) is 30.9. The van der Waals surface area contributed by atoms with Gasteiger partial charge in [-0.3, -0.25) is 14.4 Å². The molecular weight excluding hydrogens is 913 g/mol. The van der Waals surface area contributed by atoms with Crippen LogP contribution in [0, 0.1) is 11.3 Å². The van der Waals surface area contributed by atoms with Crippen molar-refractivity contribution >= 4 is 81.8 Å². The van der Waals surface area contributed by atoms with Crippen LogP contribution in [0.1, 0.15) is 89.0 Å². The number of nitrogens with one attached hydrogen (secondary N) is 3. The van der Waals surface area contributed by atoms with Crippen molar-refractivity contribution in [3.8, 4) is 0 Å². The van der Waals surface area contributed by atoms with Crippen molar-refractivity contribution in [2.45, 2.75) is 117 Å². The van der Waals surface area contributed by atoms with E-state index in [-0.39, 0.29) is 67.0 Å². The van der Waals surface area contributed by atoms with Gasteiger partial charge in [0.25, 0.3) is 0 Å². The molecule has 1 heterocycles. The van der Waals surface area contributed by atoms with E-state index in [1.807, 2.05) is 35.0 Å². The molecule has 5 atom stereocenters. The molecule has 2 fully saturated rings. The smallest absolute Gasteiger partial charge is 0.328 e. The van der Waals surface area contributed by atoms with E-state index in [1.165, 1.54) is 0 Å². The number of halogens is 3. The van der Waals surface area contributed by atoms with Gasteiger partial charge in [0.1, 0.15) is 30.8 Å². The number of carbonyl (C=O) groups excluding carboxylic acids is 6. The van der Waals surface area contributed by atoms with Crippen LogP contribution in [0.2, 0.25) is 15.1 Å². The van der Waals surface area contributed by atoms with Crippen molar-refractivity contribution < 1.29 is 43.0 Å². The van der Waals surface area contributed by atoms with Crippen molar-refractivity contribution in [1.29, 1.82) is 0 Å². The molecular formula is C49H58Cl3N3O9S. The number of carbonyl (C=O) groups is 6. The maximum Gasteiger partial charge on any atom is 0.328 e. The number of esters is 3. The molecule has 12 nitrogen and oxygen atoms in total. The fraction of sp³-hybridized carbons (Fsp3) is 0.429. The first kappa shape index (κ1) is 52.7. The predicted molar refractivity (Wildman–Crippen MR) is 254 cm³/mol. The quantitative estimate of drug-likeness (QED) is 0.0692. The number of ether oxygens (including phenoxy) is 3. The monoisotopic (exact) mass is 969 g/mol. The van der Waals surface area contributed by atoms with E-state index >= 15 is 0 Å². The van der Waals surface area contributed by atoms with Gasteiger partial charge in [0.15, 0.2) is 0 Å². The summed E-state index contributed by atoms with van der Waals surface area (Å²) in [4.78, 5) is 71.4. The van der Waals surface area contributed by atoms with Gasteiger partial charge in [-0.25, -0.2) is 14.4 Å². The summed E-state index contributed by atoms with van der Waals surface area (Å²) in [7, 11) is 0. The molecule has 2 saturated carbocycles. The highest BCUT2D eigenvalue weighted by Crippen LogP contribution is 2.45. The average molecular weight is 971 g/mol. The van der Waals surface area contributed by atoms with Gasteiger partial charge in [-0.05, 0) is 129 Å². The van der Waals surface area contributed by atoms with E-state index in [1.54, 1.807) is 86.7 Å². The Morgan fingerprint density at radius 2 is 1.09 bits per heavy atom. The summed E-state index contributed by atoms with van der Waals surface area (Å²) >= 11 is 19.2. The van der Waals surface area contributed by atoms with Crippen LogP contribution < -0.4 is 16.0 Å². The zero-order valence-corrected chi connectivity index (χ0v) is 40.4.